The lowest BCUT2D eigenvalue weighted by Gasteiger charge is -2.24. The summed E-state index contributed by atoms with van der Waals surface area (Å²) in [6.07, 6.45) is 9.04. The first-order chi connectivity index (χ1) is 11.7. The Bertz CT molecular complexity index is 858. The molecule has 4 heteroatoms. The van der Waals surface area contributed by atoms with Crippen molar-refractivity contribution >= 4 is 17.4 Å². The molecule has 3 nitrogen and oxygen atoms in total. The van der Waals surface area contributed by atoms with E-state index in [1.165, 1.54) is 26.8 Å². The maximum absolute atomic E-state index is 6.11. The van der Waals surface area contributed by atoms with E-state index in [2.05, 4.69) is 55.2 Å². The van der Waals surface area contributed by atoms with Crippen molar-refractivity contribution in [1.82, 2.24) is 0 Å². The molecule has 4 rings (SSSR count). The summed E-state index contributed by atoms with van der Waals surface area (Å²) < 4.78 is 6.11. The van der Waals surface area contributed by atoms with Gasteiger partial charge in [0.25, 0.3) is 0 Å². The van der Waals surface area contributed by atoms with Gasteiger partial charge < -0.3 is 15.4 Å². The second-order valence-electron chi connectivity index (χ2n) is 6.02. The molecule has 0 bridgehead atoms. The fourth-order valence-corrected chi connectivity index (χ4v) is 4.37. The summed E-state index contributed by atoms with van der Waals surface area (Å²) in [5.74, 6) is 1.75. The molecule has 0 unspecified atom stereocenters. The molecule has 0 atom stereocenters. The number of nitrogens with zero attached hydrogens (tertiary/aromatic N) is 1. The van der Waals surface area contributed by atoms with Gasteiger partial charge in [-0.3, -0.25) is 0 Å². The van der Waals surface area contributed by atoms with Crippen molar-refractivity contribution in [2.24, 2.45) is 5.73 Å². The first-order valence-corrected chi connectivity index (χ1v) is 9.00. The Balaban J connectivity index is 1.68. The maximum Gasteiger partial charge on any atom is 0.133 e. The van der Waals surface area contributed by atoms with Crippen molar-refractivity contribution in [3.63, 3.8) is 0 Å². The first-order valence-electron chi connectivity index (χ1n) is 8.19. The van der Waals surface area contributed by atoms with Crippen molar-refractivity contribution in [3.05, 3.63) is 82.0 Å². The standard InChI is InChI=1S/C20H20N2OS/c1-3-22-17-6-4-5-7-19(17)24-20(22)12-15-10-13(2)16-9-8-14(21)11-18(16)23-15/h4-8,10-12H,3,9,21H2,1-2H3. The third kappa shape index (κ3) is 2.57. The van der Waals surface area contributed by atoms with Crippen LogP contribution in [0.25, 0.3) is 0 Å². The van der Waals surface area contributed by atoms with Crippen molar-refractivity contribution in [1.29, 1.82) is 0 Å². The SMILES string of the molecule is CCN1C(=CC2=CC(C)=C3CC=C(N)C=C3O2)Sc2ccccc21. The number of allylic oxidation sites excluding steroid dienone is 6. The van der Waals surface area contributed by atoms with Crippen molar-refractivity contribution in [3.8, 4) is 0 Å². The van der Waals surface area contributed by atoms with E-state index in [1.807, 2.05) is 12.2 Å². The Morgan fingerprint density at radius 3 is 2.96 bits per heavy atom. The fraction of sp³-hybridized carbons (Fsp3) is 0.200. The molecule has 0 radical (unpaired) electrons. The lowest BCUT2D eigenvalue weighted by Crippen LogP contribution is -2.17. The van der Waals surface area contributed by atoms with Gasteiger partial charge in [0.05, 0.1) is 10.7 Å². The fourth-order valence-electron chi connectivity index (χ4n) is 3.20. The van der Waals surface area contributed by atoms with Gasteiger partial charge in [0, 0.05) is 34.9 Å². The number of hydrogen-bond acceptors (Lipinski definition) is 4. The molecular weight excluding hydrogens is 316 g/mol. The third-order valence-corrected chi connectivity index (χ3v) is 5.53. The third-order valence-electron chi connectivity index (χ3n) is 4.42. The Morgan fingerprint density at radius 2 is 2.12 bits per heavy atom. The smallest absolute Gasteiger partial charge is 0.133 e. The second kappa shape index (κ2) is 5.95. The summed E-state index contributed by atoms with van der Waals surface area (Å²) in [6, 6.07) is 8.50. The van der Waals surface area contributed by atoms with Crippen LogP contribution in [0.3, 0.4) is 0 Å². The molecule has 1 aliphatic carbocycles. The lowest BCUT2D eigenvalue weighted by molar-refractivity contribution is 0.320. The zero-order chi connectivity index (χ0) is 16.7. The van der Waals surface area contributed by atoms with E-state index in [0.717, 1.165) is 30.2 Å². The van der Waals surface area contributed by atoms with E-state index in [4.69, 9.17) is 10.5 Å². The quantitative estimate of drug-likeness (QED) is 0.840. The topological polar surface area (TPSA) is 38.5 Å². The van der Waals surface area contributed by atoms with Crippen LogP contribution in [-0.2, 0) is 4.74 Å². The molecule has 2 N–H and O–H groups in total. The van der Waals surface area contributed by atoms with Crippen LogP contribution < -0.4 is 10.6 Å². The summed E-state index contributed by atoms with van der Waals surface area (Å²) in [5, 5.41) is 1.20. The molecular formula is C20H20N2OS. The van der Waals surface area contributed by atoms with Crippen LogP contribution in [-0.4, -0.2) is 6.54 Å². The van der Waals surface area contributed by atoms with Gasteiger partial charge in [-0.2, -0.15) is 0 Å². The van der Waals surface area contributed by atoms with Crippen molar-refractivity contribution in [2.75, 3.05) is 11.4 Å². The van der Waals surface area contributed by atoms with Crippen LogP contribution in [0.2, 0.25) is 0 Å². The van der Waals surface area contributed by atoms with Crippen LogP contribution >= 0.6 is 11.8 Å². The largest absolute Gasteiger partial charge is 0.457 e. The highest BCUT2D eigenvalue weighted by molar-refractivity contribution is 8.03. The first kappa shape index (κ1) is 15.2. The number of ether oxygens (including phenoxy) is 1. The highest BCUT2D eigenvalue weighted by atomic mass is 32.2. The molecule has 122 valence electrons. The van der Waals surface area contributed by atoms with E-state index < -0.39 is 0 Å². The number of nitrogens with two attached hydrogens (primary N) is 1. The molecule has 0 saturated heterocycles. The van der Waals surface area contributed by atoms with Crippen LogP contribution in [0.5, 0.6) is 0 Å². The summed E-state index contributed by atoms with van der Waals surface area (Å²) in [4.78, 5) is 3.61. The number of para-hydroxylation sites is 1. The van der Waals surface area contributed by atoms with Gasteiger partial charge in [-0.15, -0.1) is 0 Å². The number of anilines is 1. The molecule has 0 amide bonds. The van der Waals surface area contributed by atoms with E-state index in [1.54, 1.807) is 11.8 Å². The van der Waals surface area contributed by atoms with E-state index >= 15 is 0 Å². The normalized spacial score (nSPS) is 21.0. The average molecular weight is 336 g/mol. The maximum atomic E-state index is 6.11. The zero-order valence-corrected chi connectivity index (χ0v) is 14.7. The number of rotatable bonds is 2. The molecule has 1 aromatic carbocycles. The number of hydrogen-bond donors (Lipinski definition) is 1. The van der Waals surface area contributed by atoms with Crippen molar-refractivity contribution in [2.45, 2.75) is 25.2 Å². The highest BCUT2D eigenvalue weighted by Crippen LogP contribution is 2.46. The predicted molar refractivity (Wildman–Crippen MR) is 100 cm³/mol. The summed E-state index contributed by atoms with van der Waals surface area (Å²) in [7, 11) is 0. The van der Waals surface area contributed by atoms with Gasteiger partial charge in [-0.05, 0) is 44.1 Å². The Hall–Kier alpha value is -2.33. The minimum atomic E-state index is 0.772. The average Bonchev–Trinajstić information content (AvgIpc) is 2.91. The molecule has 3 aliphatic rings. The molecule has 0 spiro atoms. The Labute approximate surface area is 146 Å². The number of fused-ring (bicyclic) bond motifs is 2. The van der Waals surface area contributed by atoms with E-state index in [9.17, 15) is 0 Å². The number of benzene rings is 1. The Morgan fingerprint density at radius 1 is 1.29 bits per heavy atom. The van der Waals surface area contributed by atoms with Crippen LogP contribution in [0.4, 0.5) is 5.69 Å². The monoisotopic (exact) mass is 336 g/mol. The second-order valence-corrected chi connectivity index (χ2v) is 7.09. The molecule has 0 fully saturated rings. The lowest BCUT2D eigenvalue weighted by atomic mass is 9.96. The summed E-state index contributed by atoms with van der Waals surface area (Å²) in [6.45, 7) is 5.24. The van der Waals surface area contributed by atoms with Gasteiger partial charge in [-0.25, -0.2) is 0 Å². The predicted octanol–water partition coefficient (Wildman–Crippen LogP) is 4.82. The van der Waals surface area contributed by atoms with E-state index in [0.29, 0.717) is 0 Å². The van der Waals surface area contributed by atoms with Gasteiger partial charge in [0.15, 0.2) is 0 Å². The molecule has 0 aromatic heterocycles. The highest BCUT2D eigenvalue weighted by Gasteiger charge is 2.25. The minimum absolute atomic E-state index is 0.772. The molecule has 1 aromatic rings. The van der Waals surface area contributed by atoms with Gasteiger partial charge in [0.2, 0.25) is 0 Å². The van der Waals surface area contributed by atoms with Gasteiger partial charge in [0.1, 0.15) is 11.5 Å². The number of thioether (sulfide) groups is 1. The zero-order valence-electron chi connectivity index (χ0n) is 13.9. The molecule has 2 aliphatic heterocycles. The van der Waals surface area contributed by atoms with Crippen LogP contribution in [0.1, 0.15) is 20.3 Å². The van der Waals surface area contributed by atoms with Crippen LogP contribution in [0.15, 0.2) is 86.9 Å². The molecule has 2 heterocycles. The van der Waals surface area contributed by atoms with Gasteiger partial charge in [-0.1, -0.05) is 30.0 Å². The van der Waals surface area contributed by atoms with Crippen LogP contribution in [0, 0.1) is 0 Å². The minimum Gasteiger partial charge on any atom is -0.457 e. The summed E-state index contributed by atoms with van der Waals surface area (Å²) >= 11 is 1.79. The van der Waals surface area contributed by atoms with Gasteiger partial charge >= 0.3 is 0 Å². The Kier molecular flexibility index (Phi) is 3.77. The summed E-state index contributed by atoms with van der Waals surface area (Å²) in [5.41, 5.74) is 10.4. The molecule has 24 heavy (non-hydrogen) atoms. The van der Waals surface area contributed by atoms with Crippen molar-refractivity contribution < 1.29 is 4.74 Å². The molecule has 0 saturated carbocycles. The van der Waals surface area contributed by atoms with E-state index in [-0.39, 0.29) is 0 Å².